The average molecular weight is 322 g/mol. The van der Waals surface area contributed by atoms with Crippen LogP contribution in [0.5, 0.6) is 0 Å². The van der Waals surface area contributed by atoms with Gasteiger partial charge in [-0.1, -0.05) is 0 Å². The molecule has 1 aromatic carbocycles. The molecular weight excluding hydrogens is 299 g/mol. The maximum Gasteiger partial charge on any atom is 0.253 e. The molecule has 0 N–H and O–H groups in total. The minimum atomic E-state index is -0.372. The number of rotatable bonds is 3. The first-order valence-electron chi connectivity index (χ1n) is 8.05. The van der Waals surface area contributed by atoms with Crippen molar-refractivity contribution in [3.63, 3.8) is 0 Å². The third-order valence-electron chi connectivity index (χ3n) is 4.54. The average Bonchev–Trinajstić information content (AvgIpc) is 3.08. The second-order valence-electron chi connectivity index (χ2n) is 6.30. The zero-order chi connectivity index (χ0) is 16.4. The van der Waals surface area contributed by atoms with E-state index in [1.54, 1.807) is 36.0 Å². The number of ether oxygens (including phenoxy) is 2. The summed E-state index contributed by atoms with van der Waals surface area (Å²) in [7, 11) is 3.55. The highest BCUT2D eigenvalue weighted by Gasteiger charge is 2.32. The Labute approximate surface area is 136 Å². The first kappa shape index (κ1) is 16.2. The van der Waals surface area contributed by atoms with Crippen molar-refractivity contribution in [2.45, 2.75) is 19.1 Å². The van der Waals surface area contributed by atoms with Gasteiger partial charge in [0.2, 0.25) is 0 Å². The van der Waals surface area contributed by atoms with Gasteiger partial charge in [-0.15, -0.1) is 0 Å². The second kappa shape index (κ2) is 6.84. The van der Waals surface area contributed by atoms with E-state index in [0.29, 0.717) is 43.5 Å². The molecule has 5 nitrogen and oxygen atoms in total. The van der Waals surface area contributed by atoms with Gasteiger partial charge < -0.3 is 19.3 Å². The molecule has 0 aromatic heterocycles. The van der Waals surface area contributed by atoms with Gasteiger partial charge in [0.05, 0.1) is 18.9 Å². The quantitative estimate of drug-likeness (QED) is 0.855. The molecule has 0 bridgehead atoms. The van der Waals surface area contributed by atoms with Crippen molar-refractivity contribution in [2.24, 2.45) is 5.92 Å². The minimum Gasteiger partial charge on any atom is -0.375 e. The van der Waals surface area contributed by atoms with Crippen LogP contribution >= 0.6 is 0 Å². The molecule has 0 atom stereocenters. The van der Waals surface area contributed by atoms with Gasteiger partial charge in [0, 0.05) is 38.7 Å². The molecule has 2 aliphatic rings. The lowest BCUT2D eigenvalue weighted by Crippen LogP contribution is -2.41. The van der Waals surface area contributed by atoms with Crippen molar-refractivity contribution in [1.82, 2.24) is 4.90 Å². The topological polar surface area (TPSA) is 42.0 Å². The molecule has 0 radical (unpaired) electrons. The zero-order valence-corrected chi connectivity index (χ0v) is 13.6. The molecule has 126 valence electrons. The number of likely N-dealkylation sites (tertiary alicyclic amines) is 1. The molecule has 1 amide bonds. The van der Waals surface area contributed by atoms with Gasteiger partial charge >= 0.3 is 0 Å². The molecule has 2 heterocycles. The van der Waals surface area contributed by atoms with Gasteiger partial charge in [-0.2, -0.15) is 0 Å². The Morgan fingerprint density at radius 1 is 1.22 bits per heavy atom. The first-order chi connectivity index (χ1) is 11.1. The van der Waals surface area contributed by atoms with Crippen LogP contribution < -0.4 is 4.90 Å². The normalized spacial score (nSPS) is 20.0. The van der Waals surface area contributed by atoms with Crippen molar-refractivity contribution in [1.29, 1.82) is 0 Å². The van der Waals surface area contributed by atoms with Crippen molar-refractivity contribution in [2.75, 3.05) is 45.3 Å². The van der Waals surface area contributed by atoms with E-state index in [1.807, 2.05) is 0 Å². The van der Waals surface area contributed by atoms with Crippen LogP contribution in [-0.2, 0) is 9.47 Å². The van der Waals surface area contributed by atoms with E-state index in [2.05, 4.69) is 0 Å². The minimum absolute atomic E-state index is 0.110. The number of hydrogen-bond acceptors (Lipinski definition) is 4. The number of hydrogen-bond donors (Lipinski definition) is 0. The van der Waals surface area contributed by atoms with E-state index in [-0.39, 0.29) is 18.0 Å². The van der Waals surface area contributed by atoms with Gasteiger partial charge in [-0.3, -0.25) is 4.79 Å². The van der Waals surface area contributed by atoms with Crippen molar-refractivity contribution < 1.29 is 18.7 Å². The van der Waals surface area contributed by atoms with Gasteiger partial charge in [0.25, 0.3) is 5.91 Å². The highest BCUT2D eigenvalue weighted by atomic mass is 19.1. The molecular formula is C17H23FN2O3. The van der Waals surface area contributed by atoms with Crippen LogP contribution in [0.4, 0.5) is 10.1 Å². The van der Waals surface area contributed by atoms with E-state index in [9.17, 15) is 9.18 Å². The summed E-state index contributed by atoms with van der Waals surface area (Å²) in [5.41, 5.74) is 0.885. The fourth-order valence-corrected chi connectivity index (χ4v) is 3.21. The lowest BCUT2D eigenvalue weighted by molar-refractivity contribution is -0.0956. The number of anilines is 1. The maximum atomic E-state index is 14.0. The standard InChI is InChI=1S/C17H23FN2O3/c1-19(2)15-4-3-13(11-14(15)18)16(21)20-7-5-12(6-8-20)17-22-9-10-23-17/h3-4,11-12,17H,5-10H2,1-2H3. The largest absolute Gasteiger partial charge is 0.375 e. The Kier molecular flexibility index (Phi) is 4.82. The van der Waals surface area contributed by atoms with Crippen LogP contribution in [0.1, 0.15) is 23.2 Å². The SMILES string of the molecule is CN(C)c1ccc(C(=O)N2CCC(C3OCCO3)CC2)cc1F. The first-order valence-corrected chi connectivity index (χ1v) is 8.05. The Balaban J connectivity index is 1.62. The van der Waals surface area contributed by atoms with Crippen LogP contribution in [0.3, 0.4) is 0 Å². The molecule has 3 rings (SSSR count). The fourth-order valence-electron chi connectivity index (χ4n) is 3.21. The molecule has 6 heteroatoms. The van der Waals surface area contributed by atoms with Gasteiger partial charge in [-0.05, 0) is 31.0 Å². The predicted molar refractivity (Wildman–Crippen MR) is 85.0 cm³/mol. The van der Waals surface area contributed by atoms with Crippen LogP contribution in [0.2, 0.25) is 0 Å². The maximum absolute atomic E-state index is 14.0. The van der Waals surface area contributed by atoms with Crippen LogP contribution in [0.15, 0.2) is 18.2 Å². The molecule has 1 aromatic rings. The van der Waals surface area contributed by atoms with Crippen LogP contribution in [0, 0.1) is 11.7 Å². The smallest absolute Gasteiger partial charge is 0.253 e. The number of halogens is 1. The summed E-state index contributed by atoms with van der Waals surface area (Å²) >= 11 is 0. The van der Waals surface area contributed by atoms with E-state index >= 15 is 0 Å². The summed E-state index contributed by atoms with van der Waals surface area (Å²) in [6.45, 7) is 2.62. The number of nitrogens with zero attached hydrogens (tertiary/aromatic N) is 2. The summed E-state index contributed by atoms with van der Waals surface area (Å²) < 4.78 is 25.1. The monoisotopic (exact) mass is 322 g/mol. The zero-order valence-electron chi connectivity index (χ0n) is 13.6. The van der Waals surface area contributed by atoms with Gasteiger partial charge in [0.15, 0.2) is 6.29 Å². The number of carbonyl (C=O) groups is 1. The molecule has 0 unspecified atom stereocenters. The molecule has 2 fully saturated rings. The molecule has 0 saturated carbocycles. The summed E-state index contributed by atoms with van der Waals surface area (Å²) in [6, 6.07) is 4.67. The summed E-state index contributed by atoms with van der Waals surface area (Å²) in [4.78, 5) is 16.0. The van der Waals surface area contributed by atoms with E-state index in [1.165, 1.54) is 6.07 Å². The summed E-state index contributed by atoms with van der Waals surface area (Å²) in [5.74, 6) is -0.140. The molecule has 0 aliphatic carbocycles. The Morgan fingerprint density at radius 2 is 1.87 bits per heavy atom. The second-order valence-corrected chi connectivity index (χ2v) is 6.30. The molecule has 23 heavy (non-hydrogen) atoms. The van der Waals surface area contributed by atoms with E-state index in [4.69, 9.17) is 9.47 Å². The Bertz CT molecular complexity index is 565. The van der Waals surface area contributed by atoms with Gasteiger partial charge in [-0.25, -0.2) is 4.39 Å². The highest BCUT2D eigenvalue weighted by Crippen LogP contribution is 2.27. The number of carbonyl (C=O) groups excluding carboxylic acids is 1. The lowest BCUT2D eigenvalue weighted by atomic mass is 9.95. The van der Waals surface area contributed by atoms with Gasteiger partial charge in [0.1, 0.15) is 5.82 Å². The van der Waals surface area contributed by atoms with E-state index < -0.39 is 0 Å². The van der Waals surface area contributed by atoms with Crippen molar-refractivity contribution >= 4 is 11.6 Å². The third kappa shape index (κ3) is 3.48. The summed E-state index contributed by atoms with van der Waals surface area (Å²) in [5, 5.41) is 0. The lowest BCUT2D eigenvalue weighted by Gasteiger charge is -2.34. The molecule has 0 spiro atoms. The third-order valence-corrected chi connectivity index (χ3v) is 4.54. The molecule has 2 saturated heterocycles. The fraction of sp³-hybridized carbons (Fsp3) is 0.588. The highest BCUT2D eigenvalue weighted by molar-refractivity contribution is 5.94. The predicted octanol–water partition coefficient (Wildman–Crippen LogP) is 2.12. The van der Waals surface area contributed by atoms with Crippen LogP contribution in [0.25, 0.3) is 0 Å². The number of benzene rings is 1. The van der Waals surface area contributed by atoms with Crippen molar-refractivity contribution in [3.05, 3.63) is 29.6 Å². The Hall–Kier alpha value is -1.66. The Morgan fingerprint density at radius 3 is 2.43 bits per heavy atom. The molecule has 2 aliphatic heterocycles. The number of amides is 1. The van der Waals surface area contributed by atoms with Crippen molar-refractivity contribution in [3.8, 4) is 0 Å². The number of piperidine rings is 1. The van der Waals surface area contributed by atoms with E-state index in [0.717, 1.165) is 12.8 Å². The summed E-state index contributed by atoms with van der Waals surface area (Å²) in [6.07, 6.45) is 1.59. The van der Waals surface area contributed by atoms with Crippen LogP contribution in [-0.4, -0.2) is 57.5 Å².